The van der Waals surface area contributed by atoms with Crippen molar-refractivity contribution in [3.8, 4) is 0 Å². The lowest BCUT2D eigenvalue weighted by Crippen LogP contribution is -2.34. The van der Waals surface area contributed by atoms with Crippen LogP contribution >= 0.6 is 0 Å². The van der Waals surface area contributed by atoms with E-state index < -0.39 is 5.97 Å². The molecule has 1 fully saturated rings. The van der Waals surface area contributed by atoms with Crippen LogP contribution < -0.4 is 0 Å². The zero-order valence-corrected chi connectivity index (χ0v) is 11.4. The number of carboxylic acids is 1. The van der Waals surface area contributed by atoms with Crippen molar-refractivity contribution < 1.29 is 9.90 Å². The molecule has 2 unspecified atom stereocenters. The van der Waals surface area contributed by atoms with Crippen molar-refractivity contribution in [2.45, 2.75) is 38.6 Å². The van der Waals surface area contributed by atoms with Crippen LogP contribution in [0.1, 0.15) is 32.6 Å². The average Bonchev–Trinajstić information content (AvgIpc) is 2.59. The highest BCUT2D eigenvalue weighted by atomic mass is 16.4. The first-order valence-electron chi connectivity index (χ1n) is 6.61. The lowest BCUT2D eigenvalue weighted by Gasteiger charge is -2.22. The first-order valence-corrected chi connectivity index (χ1v) is 6.61. The molecule has 17 heavy (non-hydrogen) atoms. The molecule has 1 aliphatic heterocycles. The Kier molecular flexibility index (Phi) is 5.92. The molecule has 4 nitrogen and oxygen atoms in total. The first kappa shape index (κ1) is 14.5. The molecule has 1 heterocycles. The molecule has 1 rings (SSSR count). The predicted octanol–water partition coefficient (Wildman–Crippen LogP) is 1.51. The van der Waals surface area contributed by atoms with Crippen molar-refractivity contribution in [3.63, 3.8) is 0 Å². The van der Waals surface area contributed by atoms with E-state index >= 15 is 0 Å². The smallest absolute Gasteiger partial charge is 0.303 e. The minimum absolute atomic E-state index is 0.316. The van der Waals surface area contributed by atoms with E-state index in [9.17, 15) is 4.79 Å². The largest absolute Gasteiger partial charge is 0.481 e. The van der Waals surface area contributed by atoms with Crippen LogP contribution in [-0.4, -0.2) is 60.6 Å². The van der Waals surface area contributed by atoms with Crippen molar-refractivity contribution in [2.24, 2.45) is 5.92 Å². The number of hydrogen-bond donors (Lipinski definition) is 1. The molecule has 0 saturated carbocycles. The molecular formula is C13H26N2O2. The third-order valence-electron chi connectivity index (χ3n) is 3.68. The van der Waals surface area contributed by atoms with E-state index in [0.717, 1.165) is 38.3 Å². The fourth-order valence-corrected chi connectivity index (χ4v) is 2.69. The van der Waals surface area contributed by atoms with Crippen LogP contribution in [0.5, 0.6) is 0 Å². The third kappa shape index (κ3) is 5.04. The summed E-state index contributed by atoms with van der Waals surface area (Å²) in [5.74, 6) is 0.0662. The second kappa shape index (κ2) is 6.97. The van der Waals surface area contributed by atoms with Crippen molar-refractivity contribution in [3.05, 3.63) is 0 Å². The molecule has 2 atom stereocenters. The highest BCUT2D eigenvalue weighted by Crippen LogP contribution is 2.20. The maximum Gasteiger partial charge on any atom is 0.303 e. The van der Waals surface area contributed by atoms with Gasteiger partial charge < -0.3 is 14.9 Å². The van der Waals surface area contributed by atoms with Crippen LogP contribution in [0, 0.1) is 5.92 Å². The van der Waals surface area contributed by atoms with E-state index in [1.807, 2.05) is 0 Å². The number of likely N-dealkylation sites (N-methyl/N-ethyl adjacent to an activating group) is 1. The Hall–Kier alpha value is -0.610. The molecule has 0 aliphatic carbocycles. The van der Waals surface area contributed by atoms with Gasteiger partial charge in [-0.2, -0.15) is 0 Å². The molecule has 0 radical (unpaired) electrons. The number of unbranched alkanes of at least 4 members (excludes halogenated alkanes) is 2. The van der Waals surface area contributed by atoms with Gasteiger partial charge in [-0.3, -0.25) is 4.79 Å². The molecule has 0 aromatic rings. The van der Waals surface area contributed by atoms with Crippen LogP contribution in [0.3, 0.4) is 0 Å². The van der Waals surface area contributed by atoms with Crippen LogP contribution in [0.4, 0.5) is 0 Å². The normalized spacial score (nSPS) is 25.6. The molecule has 1 N–H and O–H groups in total. The van der Waals surface area contributed by atoms with Gasteiger partial charge in [0.25, 0.3) is 0 Å². The van der Waals surface area contributed by atoms with Gasteiger partial charge in [-0.1, -0.05) is 13.3 Å². The maximum atomic E-state index is 10.4. The van der Waals surface area contributed by atoms with E-state index in [2.05, 4.69) is 30.8 Å². The molecule has 100 valence electrons. The van der Waals surface area contributed by atoms with Crippen LogP contribution in [0.2, 0.25) is 0 Å². The monoisotopic (exact) mass is 242 g/mol. The van der Waals surface area contributed by atoms with Crippen molar-refractivity contribution in [1.82, 2.24) is 9.80 Å². The molecule has 1 saturated heterocycles. The summed E-state index contributed by atoms with van der Waals surface area (Å²) < 4.78 is 0. The van der Waals surface area contributed by atoms with E-state index in [1.165, 1.54) is 6.54 Å². The molecule has 0 amide bonds. The Balaban J connectivity index is 2.11. The summed E-state index contributed by atoms with van der Waals surface area (Å²) in [6, 6.07) is 0.675. The number of rotatable bonds is 7. The van der Waals surface area contributed by atoms with Gasteiger partial charge in [0.15, 0.2) is 0 Å². The lowest BCUT2D eigenvalue weighted by molar-refractivity contribution is -0.137. The third-order valence-corrected chi connectivity index (χ3v) is 3.68. The Labute approximate surface area is 105 Å². The predicted molar refractivity (Wildman–Crippen MR) is 69.2 cm³/mol. The number of hydrogen-bond acceptors (Lipinski definition) is 3. The minimum atomic E-state index is -0.674. The first-order chi connectivity index (χ1) is 8.00. The number of nitrogens with zero attached hydrogens (tertiary/aromatic N) is 2. The minimum Gasteiger partial charge on any atom is -0.481 e. The number of aliphatic carboxylic acids is 1. The molecule has 0 aromatic carbocycles. The Bertz CT molecular complexity index is 244. The van der Waals surface area contributed by atoms with Gasteiger partial charge in [0.1, 0.15) is 0 Å². The topological polar surface area (TPSA) is 43.8 Å². The molecule has 0 spiro atoms. The summed E-state index contributed by atoms with van der Waals surface area (Å²) in [7, 11) is 4.30. The summed E-state index contributed by atoms with van der Waals surface area (Å²) in [4.78, 5) is 15.2. The summed E-state index contributed by atoms with van der Waals surface area (Å²) in [6.45, 7) is 5.78. The number of carboxylic acid groups (broad SMARTS) is 1. The van der Waals surface area contributed by atoms with Crippen LogP contribution in [0.15, 0.2) is 0 Å². The molecular weight excluding hydrogens is 216 g/mol. The molecule has 0 bridgehead atoms. The summed E-state index contributed by atoms with van der Waals surface area (Å²) >= 11 is 0. The summed E-state index contributed by atoms with van der Waals surface area (Å²) in [5.41, 5.74) is 0. The van der Waals surface area contributed by atoms with Crippen molar-refractivity contribution in [2.75, 3.05) is 33.7 Å². The van der Waals surface area contributed by atoms with Gasteiger partial charge in [-0.15, -0.1) is 0 Å². The Morgan fingerprint density at radius 3 is 2.53 bits per heavy atom. The maximum absolute atomic E-state index is 10.4. The number of likely N-dealkylation sites (tertiary alicyclic amines) is 1. The van der Waals surface area contributed by atoms with Gasteiger partial charge in [-0.25, -0.2) is 0 Å². The summed E-state index contributed by atoms with van der Waals surface area (Å²) in [6.07, 6.45) is 3.29. The van der Waals surface area contributed by atoms with Crippen molar-refractivity contribution in [1.29, 1.82) is 0 Å². The Morgan fingerprint density at radius 2 is 2.00 bits per heavy atom. The van der Waals surface area contributed by atoms with Crippen LogP contribution in [0.25, 0.3) is 0 Å². The van der Waals surface area contributed by atoms with E-state index in [4.69, 9.17) is 5.11 Å². The average molecular weight is 242 g/mol. The van der Waals surface area contributed by atoms with Gasteiger partial charge in [-0.05, 0) is 39.4 Å². The molecule has 0 aromatic heterocycles. The van der Waals surface area contributed by atoms with Gasteiger partial charge >= 0.3 is 5.97 Å². The highest BCUT2D eigenvalue weighted by molar-refractivity contribution is 5.66. The standard InChI is InChI=1S/C13H26N2O2/c1-11-9-15(10-12(11)14(2)3)8-6-4-5-7-13(16)17/h11-12H,4-10H2,1-3H3,(H,16,17). The fourth-order valence-electron chi connectivity index (χ4n) is 2.69. The highest BCUT2D eigenvalue weighted by Gasteiger charge is 2.30. The second-order valence-corrected chi connectivity index (χ2v) is 5.47. The van der Waals surface area contributed by atoms with Gasteiger partial charge in [0.2, 0.25) is 0 Å². The second-order valence-electron chi connectivity index (χ2n) is 5.47. The van der Waals surface area contributed by atoms with E-state index in [0.29, 0.717) is 12.5 Å². The van der Waals surface area contributed by atoms with Gasteiger partial charge in [0, 0.05) is 25.6 Å². The van der Waals surface area contributed by atoms with Crippen LogP contribution in [-0.2, 0) is 4.79 Å². The quantitative estimate of drug-likeness (QED) is 0.687. The zero-order valence-electron chi connectivity index (χ0n) is 11.4. The molecule has 1 aliphatic rings. The summed E-state index contributed by atoms with van der Waals surface area (Å²) in [5, 5.41) is 8.54. The number of carbonyl (C=O) groups is 1. The van der Waals surface area contributed by atoms with E-state index in [-0.39, 0.29) is 0 Å². The zero-order chi connectivity index (χ0) is 12.8. The van der Waals surface area contributed by atoms with Gasteiger partial charge in [0.05, 0.1) is 0 Å². The van der Waals surface area contributed by atoms with E-state index in [1.54, 1.807) is 0 Å². The fraction of sp³-hybridized carbons (Fsp3) is 0.923. The lowest BCUT2D eigenvalue weighted by atomic mass is 10.1. The Morgan fingerprint density at radius 1 is 1.29 bits per heavy atom. The van der Waals surface area contributed by atoms with Crippen molar-refractivity contribution >= 4 is 5.97 Å². The SMILES string of the molecule is CC1CN(CCCCCC(=O)O)CC1N(C)C. The molecule has 4 heteroatoms.